The SMILES string of the molecule is CC(C)CCCCCCCCCC(=O)CCO. The molecular weight excluding hydrogens is 212 g/mol. The number of aliphatic hydroxyl groups excluding tert-OH is 1. The molecule has 0 amide bonds. The summed E-state index contributed by atoms with van der Waals surface area (Å²) in [5, 5.41) is 8.58. The average molecular weight is 242 g/mol. The summed E-state index contributed by atoms with van der Waals surface area (Å²) in [4.78, 5) is 11.1. The molecule has 0 aliphatic rings. The molecule has 0 aliphatic heterocycles. The molecular formula is C15H30O2. The lowest BCUT2D eigenvalue weighted by molar-refractivity contribution is -0.119. The van der Waals surface area contributed by atoms with Gasteiger partial charge in [-0.15, -0.1) is 0 Å². The van der Waals surface area contributed by atoms with E-state index in [2.05, 4.69) is 13.8 Å². The minimum atomic E-state index is 0.00862. The summed E-state index contributed by atoms with van der Waals surface area (Å²) in [5.41, 5.74) is 0. The summed E-state index contributed by atoms with van der Waals surface area (Å²) in [6, 6.07) is 0. The van der Waals surface area contributed by atoms with Gasteiger partial charge < -0.3 is 5.11 Å². The van der Waals surface area contributed by atoms with Crippen molar-refractivity contribution in [1.82, 2.24) is 0 Å². The summed E-state index contributed by atoms with van der Waals surface area (Å²) < 4.78 is 0. The number of carbonyl (C=O) groups is 1. The molecule has 0 bridgehead atoms. The van der Waals surface area contributed by atoms with Gasteiger partial charge in [0.15, 0.2) is 0 Å². The summed E-state index contributed by atoms with van der Waals surface area (Å²) >= 11 is 0. The van der Waals surface area contributed by atoms with Crippen LogP contribution in [0.25, 0.3) is 0 Å². The molecule has 0 rings (SSSR count). The molecule has 0 spiro atoms. The second-order valence-electron chi connectivity index (χ2n) is 5.42. The first-order valence-electron chi connectivity index (χ1n) is 7.29. The molecule has 17 heavy (non-hydrogen) atoms. The number of hydrogen-bond donors (Lipinski definition) is 1. The van der Waals surface area contributed by atoms with Crippen molar-refractivity contribution in [3.8, 4) is 0 Å². The highest BCUT2D eigenvalue weighted by molar-refractivity contribution is 5.78. The molecule has 0 aromatic rings. The van der Waals surface area contributed by atoms with Crippen LogP contribution in [-0.4, -0.2) is 17.5 Å². The highest BCUT2D eigenvalue weighted by atomic mass is 16.3. The maximum atomic E-state index is 11.1. The molecule has 0 aromatic heterocycles. The van der Waals surface area contributed by atoms with Crippen LogP contribution in [0.1, 0.15) is 78.1 Å². The van der Waals surface area contributed by atoms with Crippen LogP contribution in [0, 0.1) is 5.92 Å². The van der Waals surface area contributed by atoms with E-state index in [0.29, 0.717) is 12.8 Å². The van der Waals surface area contributed by atoms with Crippen LogP contribution in [0.15, 0.2) is 0 Å². The first-order chi connectivity index (χ1) is 8.16. The Labute approximate surface area is 107 Å². The van der Waals surface area contributed by atoms with Crippen molar-refractivity contribution in [2.45, 2.75) is 78.1 Å². The summed E-state index contributed by atoms with van der Waals surface area (Å²) in [7, 11) is 0. The van der Waals surface area contributed by atoms with Crippen LogP contribution in [-0.2, 0) is 4.79 Å². The van der Waals surface area contributed by atoms with Gasteiger partial charge in [-0.2, -0.15) is 0 Å². The van der Waals surface area contributed by atoms with E-state index >= 15 is 0 Å². The van der Waals surface area contributed by atoms with E-state index in [1.807, 2.05) is 0 Å². The van der Waals surface area contributed by atoms with E-state index in [4.69, 9.17) is 5.11 Å². The maximum absolute atomic E-state index is 11.1. The Morgan fingerprint density at radius 2 is 1.41 bits per heavy atom. The first-order valence-corrected chi connectivity index (χ1v) is 7.29. The Morgan fingerprint density at radius 1 is 0.882 bits per heavy atom. The molecule has 102 valence electrons. The standard InChI is InChI=1S/C15H30O2/c1-14(2)10-8-6-4-3-5-7-9-11-15(17)12-13-16/h14,16H,3-13H2,1-2H3. The quantitative estimate of drug-likeness (QED) is 0.523. The first kappa shape index (κ1) is 16.6. The zero-order valence-electron chi connectivity index (χ0n) is 11.7. The van der Waals surface area contributed by atoms with Gasteiger partial charge in [-0.25, -0.2) is 0 Å². The Balaban J connectivity index is 3.06. The van der Waals surface area contributed by atoms with Crippen LogP contribution in [0.4, 0.5) is 0 Å². The molecule has 2 nitrogen and oxygen atoms in total. The number of Topliss-reactive ketones (excluding diaryl/α,β-unsaturated/α-hetero) is 1. The lowest BCUT2D eigenvalue weighted by atomic mass is 10.0. The summed E-state index contributed by atoms with van der Waals surface area (Å²) in [6.07, 6.45) is 11.2. The fourth-order valence-electron chi connectivity index (χ4n) is 2.01. The predicted molar refractivity (Wildman–Crippen MR) is 73.1 cm³/mol. The number of carbonyl (C=O) groups excluding carboxylic acids is 1. The third-order valence-electron chi connectivity index (χ3n) is 3.13. The molecule has 0 unspecified atom stereocenters. The van der Waals surface area contributed by atoms with Gasteiger partial charge in [0, 0.05) is 19.4 Å². The number of rotatable bonds is 12. The number of ketones is 1. The summed E-state index contributed by atoms with van der Waals surface area (Å²) in [6.45, 7) is 4.57. The third-order valence-corrected chi connectivity index (χ3v) is 3.13. The molecule has 2 heteroatoms. The monoisotopic (exact) mass is 242 g/mol. The van der Waals surface area contributed by atoms with E-state index in [1.54, 1.807) is 0 Å². The highest BCUT2D eigenvalue weighted by Gasteiger charge is 2.00. The topological polar surface area (TPSA) is 37.3 Å². The van der Waals surface area contributed by atoms with E-state index in [9.17, 15) is 4.79 Å². The van der Waals surface area contributed by atoms with Crippen molar-refractivity contribution in [2.24, 2.45) is 5.92 Å². The predicted octanol–water partition coefficient (Wildman–Crippen LogP) is 4.10. The zero-order chi connectivity index (χ0) is 12.9. The van der Waals surface area contributed by atoms with Crippen LogP contribution >= 0.6 is 0 Å². The van der Waals surface area contributed by atoms with Gasteiger partial charge in [-0.1, -0.05) is 58.8 Å². The third kappa shape index (κ3) is 13.6. The van der Waals surface area contributed by atoms with Gasteiger partial charge in [-0.3, -0.25) is 4.79 Å². The van der Waals surface area contributed by atoms with Crippen molar-refractivity contribution in [3.05, 3.63) is 0 Å². The van der Waals surface area contributed by atoms with Crippen molar-refractivity contribution in [1.29, 1.82) is 0 Å². The van der Waals surface area contributed by atoms with Crippen molar-refractivity contribution < 1.29 is 9.90 Å². The number of hydrogen-bond acceptors (Lipinski definition) is 2. The van der Waals surface area contributed by atoms with Crippen molar-refractivity contribution in [3.63, 3.8) is 0 Å². The normalized spacial score (nSPS) is 11.1. The second-order valence-corrected chi connectivity index (χ2v) is 5.42. The molecule has 0 heterocycles. The second kappa shape index (κ2) is 12.1. The molecule has 0 saturated carbocycles. The van der Waals surface area contributed by atoms with E-state index in [0.717, 1.165) is 12.3 Å². The number of aliphatic hydroxyl groups is 1. The maximum Gasteiger partial charge on any atom is 0.135 e. The Kier molecular flexibility index (Phi) is 11.8. The molecule has 0 aromatic carbocycles. The molecule has 0 radical (unpaired) electrons. The van der Waals surface area contributed by atoms with Gasteiger partial charge in [0.2, 0.25) is 0 Å². The zero-order valence-corrected chi connectivity index (χ0v) is 11.7. The van der Waals surface area contributed by atoms with Gasteiger partial charge >= 0.3 is 0 Å². The fraction of sp³-hybridized carbons (Fsp3) is 0.933. The molecule has 0 aliphatic carbocycles. The highest BCUT2D eigenvalue weighted by Crippen LogP contribution is 2.12. The van der Waals surface area contributed by atoms with Gasteiger partial charge in [0.05, 0.1) is 0 Å². The van der Waals surface area contributed by atoms with Gasteiger partial charge in [-0.05, 0) is 12.3 Å². The van der Waals surface area contributed by atoms with E-state index in [1.165, 1.54) is 44.9 Å². The fourth-order valence-corrected chi connectivity index (χ4v) is 2.01. The van der Waals surface area contributed by atoms with Crippen LogP contribution in [0.3, 0.4) is 0 Å². The lowest BCUT2D eigenvalue weighted by Crippen LogP contribution is -2.00. The van der Waals surface area contributed by atoms with Crippen LogP contribution < -0.4 is 0 Å². The Morgan fingerprint density at radius 3 is 1.94 bits per heavy atom. The Hall–Kier alpha value is -0.370. The summed E-state index contributed by atoms with van der Waals surface area (Å²) in [5.74, 6) is 1.05. The smallest absolute Gasteiger partial charge is 0.135 e. The van der Waals surface area contributed by atoms with Gasteiger partial charge in [0.1, 0.15) is 5.78 Å². The average Bonchev–Trinajstić information content (AvgIpc) is 2.27. The molecule has 0 saturated heterocycles. The van der Waals surface area contributed by atoms with Crippen molar-refractivity contribution >= 4 is 5.78 Å². The van der Waals surface area contributed by atoms with E-state index < -0.39 is 0 Å². The van der Waals surface area contributed by atoms with Crippen LogP contribution in [0.2, 0.25) is 0 Å². The minimum absolute atomic E-state index is 0.00862. The molecule has 0 fully saturated rings. The minimum Gasteiger partial charge on any atom is -0.396 e. The molecule has 1 N–H and O–H groups in total. The lowest BCUT2D eigenvalue weighted by Gasteiger charge is -2.04. The largest absolute Gasteiger partial charge is 0.396 e. The Bertz CT molecular complexity index is 176. The van der Waals surface area contributed by atoms with Crippen LogP contribution in [0.5, 0.6) is 0 Å². The van der Waals surface area contributed by atoms with Gasteiger partial charge in [0.25, 0.3) is 0 Å². The number of unbranched alkanes of at least 4 members (excludes halogenated alkanes) is 6. The van der Waals surface area contributed by atoms with Crippen molar-refractivity contribution in [2.75, 3.05) is 6.61 Å². The van der Waals surface area contributed by atoms with E-state index in [-0.39, 0.29) is 12.4 Å². The molecule has 0 atom stereocenters.